The summed E-state index contributed by atoms with van der Waals surface area (Å²) < 4.78 is 5.60. The van der Waals surface area contributed by atoms with Crippen molar-refractivity contribution in [2.45, 2.75) is 6.42 Å². The van der Waals surface area contributed by atoms with Crippen molar-refractivity contribution in [2.24, 2.45) is 0 Å². The number of nitriles is 1. The first kappa shape index (κ1) is 11.4. The molecule has 0 aliphatic heterocycles. The van der Waals surface area contributed by atoms with E-state index in [0.29, 0.717) is 16.7 Å². The van der Waals surface area contributed by atoms with E-state index in [4.69, 9.17) is 21.6 Å². The number of hydrogen-bond acceptors (Lipinski definition) is 3. The van der Waals surface area contributed by atoms with E-state index >= 15 is 0 Å². The molecule has 0 unspecified atom stereocenters. The van der Waals surface area contributed by atoms with Crippen molar-refractivity contribution in [3.05, 3.63) is 53.2 Å². The maximum Gasteiger partial charge on any atom is 0.223 e. The molecular weight excluding hydrogens is 236 g/mol. The van der Waals surface area contributed by atoms with E-state index < -0.39 is 0 Å². The second-order valence-corrected chi connectivity index (χ2v) is 3.79. The zero-order valence-electron chi connectivity index (χ0n) is 8.93. The van der Waals surface area contributed by atoms with Crippen molar-refractivity contribution < 1.29 is 4.74 Å². The zero-order chi connectivity index (χ0) is 12.1. The number of aromatic nitrogens is 1. The van der Waals surface area contributed by atoms with Crippen LogP contribution in [0.25, 0.3) is 0 Å². The lowest BCUT2D eigenvalue weighted by atomic mass is 10.2. The molecule has 0 aliphatic carbocycles. The van der Waals surface area contributed by atoms with Crippen LogP contribution in [-0.2, 0) is 6.42 Å². The maximum atomic E-state index is 8.70. The fraction of sp³-hybridized carbons (Fsp3) is 0.0769. The largest absolute Gasteiger partial charge is 0.439 e. The quantitative estimate of drug-likeness (QED) is 0.829. The molecular formula is C13H9ClN2O. The van der Waals surface area contributed by atoms with Gasteiger partial charge in [0, 0.05) is 16.8 Å². The van der Waals surface area contributed by atoms with Gasteiger partial charge < -0.3 is 4.74 Å². The van der Waals surface area contributed by atoms with Crippen LogP contribution in [0.3, 0.4) is 0 Å². The van der Waals surface area contributed by atoms with Gasteiger partial charge in [0.2, 0.25) is 5.88 Å². The van der Waals surface area contributed by atoms with Crippen molar-refractivity contribution in [3.63, 3.8) is 0 Å². The molecule has 84 valence electrons. The number of halogens is 1. The van der Waals surface area contributed by atoms with Crippen LogP contribution >= 0.6 is 11.6 Å². The van der Waals surface area contributed by atoms with E-state index in [1.807, 2.05) is 6.07 Å². The Morgan fingerprint density at radius 1 is 1.24 bits per heavy atom. The minimum atomic E-state index is 0.275. The predicted molar refractivity (Wildman–Crippen MR) is 65.1 cm³/mol. The lowest BCUT2D eigenvalue weighted by Gasteiger charge is -2.07. The summed E-state index contributed by atoms with van der Waals surface area (Å²) in [6.45, 7) is 0. The molecule has 3 nitrogen and oxygen atoms in total. The summed E-state index contributed by atoms with van der Waals surface area (Å²) in [4.78, 5) is 4.11. The molecule has 0 spiro atoms. The highest BCUT2D eigenvalue weighted by Gasteiger charge is 2.05. The topological polar surface area (TPSA) is 45.9 Å². The summed E-state index contributed by atoms with van der Waals surface area (Å²) in [7, 11) is 0. The standard InChI is InChI=1S/C13H9ClN2O/c14-11-3-5-12(6-4-11)17-13-10(7-8-15)2-1-9-16-13/h1-6,9H,7H2. The fourth-order valence-electron chi connectivity index (χ4n) is 1.35. The number of hydrogen-bond donors (Lipinski definition) is 0. The molecule has 0 aliphatic rings. The van der Waals surface area contributed by atoms with Crippen molar-refractivity contribution in [1.82, 2.24) is 4.98 Å². The van der Waals surface area contributed by atoms with Crippen molar-refractivity contribution in [1.29, 1.82) is 5.26 Å². The molecule has 0 atom stereocenters. The predicted octanol–water partition coefficient (Wildman–Crippen LogP) is 3.59. The first-order valence-electron chi connectivity index (χ1n) is 5.04. The minimum Gasteiger partial charge on any atom is -0.439 e. The van der Waals surface area contributed by atoms with E-state index in [9.17, 15) is 0 Å². The van der Waals surface area contributed by atoms with Gasteiger partial charge in [-0.05, 0) is 30.3 Å². The van der Waals surface area contributed by atoms with Crippen molar-refractivity contribution in [2.75, 3.05) is 0 Å². The molecule has 0 N–H and O–H groups in total. The third-order valence-corrected chi connectivity index (χ3v) is 2.40. The molecule has 4 heteroatoms. The Morgan fingerprint density at radius 3 is 2.71 bits per heavy atom. The van der Waals surface area contributed by atoms with Crippen LogP contribution in [-0.4, -0.2) is 4.98 Å². The molecule has 0 bridgehead atoms. The molecule has 2 aromatic rings. The fourth-order valence-corrected chi connectivity index (χ4v) is 1.48. The van der Waals surface area contributed by atoms with E-state index in [1.54, 1.807) is 36.5 Å². The maximum absolute atomic E-state index is 8.70. The number of pyridine rings is 1. The molecule has 1 aromatic heterocycles. The van der Waals surface area contributed by atoms with Gasteiger partial charge in [-0.25, -0.2) is 4.98 Å². The number of rotatable bonds is 3. The molecule has 1 heterocycles. The van der Waals surface area contributed by atoms with Gasteiger partial charge in [-0.3, -0.25) is 0 Å². The number of nitrogens with zero attached hydrogens (tertiary/aromatic N) is 2. The van der Waals surface area contributed by atoms with Crippen LogP contribution in [0.4, 0.5) is 0 Å². The second kappa shape index (κ2) is 5.33. The Bertz CT molecular complexity index is 546. The summed E-state index contributed by atoms with van der Waals surface area (Å²) in [6.07, 6.45) is 1.91. The highest BCUT2D eigenvalue weighted by atomic mass is 35.5. The van der Waals surface area contributed by atoms with Gasteiger partial charge >= 0.3 is 0 Å². The van der Waals surface area contributed by atoms with Crippen LogP contribution in [0.1, 0.15) is 5.56 Å². The van der Waals surface area contributed by atoms with Crippen LogP contribution in [0.5, 0.6) is 11.6 Å². The van der Waals surface area contributed by atoms with Gasteiger partial charge in [0.15, 0.2) is 0 Å². The number of ether oxygens (including phenoxy) is 1. The SMILES string of the molecule is N#CCc1cccnc1Oc1ccc(Cl)cc1. The van der Waals surface area contributed by atoms with Gasteiger partial charge in [-0.1, -0.05) is 17.7 Å². The van der Waals surface area contributed by atoms with E-state index in [2.05, 4.69) is 11.1 Å². The summed E-state index contributed by atoms with van der Waals surface area (Å²) >= 11 is 5.78. The van der Waals surface area contributed by atoms with Crippen LogP contribution in [0, 0.1) is 11.3 Å². The van der Waals surface area contributed by atoms with E-state index in [0.717, 1.165) is 5.56 Å². The molecule has 0 radical (unpaired) electrons. The lowest BCUT2D eigenvalue weighted by Crippen LogP contribution is -1.93. The van der Waals surface area contributed by atoms with Gasteiger partial charge in [-0.2, -0.15) is 5.26 Å². The molecule has 0 fully saturated rings. The Morgan fingerprint density at radius 2 is 2.00 bits per heavy atom. The molecule has 1 aromatic carbocycles. The minimum absolute atomic E-state index is 0.275. The summed E-state index contributed by atoms with van der Waals surface area (Å²) in [5, 5.41) is 9.34. The summed E-state index contributed by atoms with van der Waals surface area (Å²) in [6, 6.07) is 12.7. The van der Waals surface area contributed by atoms with Gasteiger partial charge in [0.05, 0.1) is 12.5 Å². The van der Waals surface area contributed by atoms with Crippen molar-refractivity contribution >= 4 is 11.6 Å². The Labute approximate surface area is 104 Å². The average molecular weight is 245 g/mol. The van der Waals surface area contributed by atoms with E-state index in [-0.39, 0.29) is 6.42 Å². The third kappa shape index (κ3) is 2.96. The second-order valence-electron chi connectivity index (χ2n) is 3.36. The van der Waals surface area contributed by atoms with Crippen LogP contribution in [0.15, 0.2) is 42.6 Å². The Kier molecular flexibility index (Phi) is 3.59. The molecule has 0 saturated carbocycles. The molecule has 2 rings (SSSR count). The molecule has 0 saturated heterocycles. The van der Waals surface area contributed by atoms with Gasteiger partial charge in [-0.15, -0.1) is 0 Å². The number of benzene rings is 1. The van der Waals surface area contributed by atoms with Gasteiger partial charge in [0.25, 0.3) is 0 Å². The molecule has 17 heavy (non-hydrogen) atoms. The third-order valence-electron chi connectivity index (χ3n) is 2.15. The van der Waals surface area contributed by atoms with E-state index in [1.165, 1.54) is 0 Å². The first-order valence-corrected chi connectivity index (χ1v) is 5.41. The first-order chi connectivity index (χ1) is 8.29. The highest BCUT2D eigenvalue weighted by molar-refractivity contribution is 6.30. The average Bonchev–Trinajstić information content (AvgIpc) is 2.35. The molecule has 0 amide bonds. The summed E-state index contributed by atoms with van der Waals surface area (Å²) in [5.41, 5.74) is 0.768. The Balaban J connectivity index is 2.24. The van der Waals surface area contributed by atoms with Crippen LogP contribution in [0.2, 0.25) is 5.02 Å². The lowest BCUT2D eigenvalue weighted by molar-refractivity contribution is 0.458. The smallest absolute Gasteiger partial charge is 0.223 e. The zero-order valence-corrected chi connectivity index (χ0v) is 9.69. The van der Waals surface area contributed by atoms with Crippen molar-refractivity contribution in [3.8, 4) is 17.7 Å². The Hall–Kier alpha value is -2.05. The highest BCUT2D eigenvalue weighted by Crippen LogP contribution is 2.24. The summed E-state index contributed by atoms with van der Waals surface area (Å²) in [5.74, 6) is 1.10. The van der Waals surface area contributed by atoms with Gasteiger partial charge in [0.1, 0.15) is 5.75 Å². The monoisotopic (exact) mass is 244 g/mol. The normalized spacial score (nSPS) is 9.65. The van der Waals surface area contributed by atoms with Crippen LogP contribution < -0.4 is 4.74 Å².